The van der Waals surface area contributed by atoms with Crippen LogP contribution in [0.5, 0.6) is 0 Å². The zero-order valence-electron chi connectivity index (χ0n) is 22.8. The lowest BCUT2D eigenvalue weighted by atomic mass is 10.1. The van der Waals surface area contributed by atoms with E-state index in [1.807, 2.05) is 24.3 Å². The Morgan fingerprint density at radius 3 is 1.24 bits per heavy atom. The maximum atomic E-state index is 4.72. The highest BCUT2D eigenvalue weighted by molar-refractivity contribution is 6.09. The second-order valence-corrected chi connectivity index (χ2v) is 10.4. The minimum Gasteiger partial charge on any atom is -0.309 e. The van der Waals surface area contributed by atoms with Crippen LogP contribution in [0, 0.1) is 0 Å². The molecular formula is C38H26N4. The molecule has 0 amide bonds. The van der Waals surface area contributed by atoms with Crippen LogP contribution in [0.3, 0.4) is 0 Å². The third-order valence-corrected chi connectivity index (χ3v) is 7.89. The van der Waals surface area contributed by atoms with Crippen molar-refractivity contribution in [2.45, 2.75) is 0 Å². The topological polar surface area (TPSA) is 35.6 Å². The van der Waals surface area contributed by atoms with E-state index < -0.39 is 0 Å². The zero-order chi connectivity index (χ0) is 27.9. The fraction of sp³-hybridized carbons (Fsp3) is 0. The van der Waals surface area contributed by atoms with Gasteiger partial charge in [-0.25, -0.2) is 0 Å². The van der Waals surface area contributed by atoms with Gasteiger partial charge < -0.3 is 4.57 Å². The van der Waals surface area contributed by atoms with E-state index in [-0.39, 0.29) is 0 Å². The van der Waals surface area contributed by atoms with Gasteiger partial charge in [-0.05, 0) is 59.7 Å². The van der Waals surface area contributed by atoms with Crippen LogP contribution in [-0.2, 0) is 0 Å². The standard InChI is InChI=1S/C38H26N4/c1-3-11-27(12-4-1)28-19-23-32(24-20-28)42-37(29-13-5-2-6-14-29)39-40-38(42)30-21-25-31(26-22-30)41-35-17-9-7-15-33(35)34-16-8-10-18-36(34)41/h1-26H. The summed E-state index contributed by atoms with van der Waals surface area (Å²) in [6.45, 7) is 0. The zero-order valence-corrected chi connectivity index (χ0v) is 22.8. The Hall–Kier alpha value is -5.74. The predicted octanol–water partition coefficient (Wildman–Crippen LogP) is 9.37. The Labute approximate surface area is 243 Å². The summed E-state index contributed by atoms with van der Waals surface area (Å²) in [4.78, 5) is 0. The van der Waals surface area contributed by atoms with Crippen molar-refractivity contribution in [2.75, 3.05) is 0 Å². The molecule has 4 nitrogen and oxygen atoms in total. The summed E-state index contributed by atoms with van der Waals surface area (Å²) in [6.07, 6.45) is 0. The van der Waals surface area contributed by atoms with E-state index in [0.717, 1.165) is 34.2 Å². The molecule has 4 heteroatoms. The average Bonchev–Trinajstić information content (AvgIpc) is 3.66. The van der Waals surface area contributed by atoms with Crippen molar-refractivity contribution in [1.82, 2.24) is 19.3 Å². The molecule has 8 rings (SSSR count). The van der Waals surface area contributed by atoms with Gasteiger partial charge in [-0.1, -0.05) is 109 Å². The summed E-state index contributed by atoms with van der Waals surface area (Å²) < 4.78 is 4.48. The molecule has 2 heterocycles. The fourth-order valence-corrected chi connectivity index (χ4v) is 5.88. The minimum atomic E-state index is 0.801. The highest BCUT2D eigenvalue weighted by Crippen LogP contribution is 2.34. The Morgan fingerprint density at radius 1 is 0.310 bits per heavy atom. The number of rotatable bonds is 5. The lowest BCUT2D eigenvalue weighted by Crippen LogP contribution is -2.01. The van der Waals surface area contributed by atoms with Crippen LogP contribution in [0.2, 0.25) is 0 Å². The molecule has 0 aliphatic rings. The van der Waals surface area contributed by atoms with Gasteiger partial charge in [0, 0.05) is 33.3 Å². The van der Waals surface area contributed by atoms with Crippen LogP contribution in [0.4, 0.5) is 0 Å². The molecule has 0 aliphatic heterocycles. The first-order valence-corrected chi connectivity index (χ1v) is 14.1. The molecule has 198 valence electrons. The lowest BCUT2D eigenvalue weighted by Gasteiger charge is -2.13. The maximum Gasteiger partial charge on any atom is 0.168 e. The number of fused-ring (bicyclic) bond motifs is 3. The first kappa shape index (κ1) is 24.1. The van der Waals surface area contributed by atoms with E-state index in [9.17, 15) is 0 Å². The minimum absolute atomic E-state index is 0.801. The molecule has 0 saturated heterocycles. The second kappa shape index (κ2) is 10.0. The van der Waals surface area contributed by atoms with Crippen molar-refractivity contribution < 1.29 is 0 Å². The maximum absolute atomic E-state index is 4.72. The van der Waals surface area contributed by atoms with E-state index in [1.165, 1.54) is 32.9 Å². The number of hydrogen-bond donors (Lipinski definition) is 0. The molecule has 6 aromatic carbocycles. The van der Waals surface area contributed by atoms with Gasteiger partial charge in [0.15, 0.2) is 11.6 Å². The monoisotopic (exact) mass is 538 g/mol. The Kier molecular flexibility index (Phi) is 5.75. The van der Waals surface area contributed by atoms with Gasteiger partial charge in [0.25, 0.3) is 0 Å². The Morgan fingerprint density at radius 2 is 0.690 bits per heavy atom. The number of benzene rings is 6. The summed E-state index contributed by atoms with van der Waals surface area (Å²) in [5, 5.41) is 11.9. The molecule has 0 bridgehead atoms. The lowest BCUT2D eigenvalue weighted by molar-refractivity contribution is 1.07. The van der Waals surface area contributed by atoms with Crippen molar-refractivity contribution in [3.63, 3.8) is 0 Å². The highest BCUT2D eigenvalue weighted by atomic mass is 15.3. The Bertz CT molecular complexity index is 2100. The van der Waals surface area contributed by atoms with E-state index in [1.54, 1.807) is 0 Å². The van der Waals surface area contributed by atoms with Crippen LogP contribution in [0.1, 0.15) is 0 Å². The number of hydrogen-bond acceptors (Lipinski definition) is 2. The third kappa shape index (κ3) is 4.01. The molecule has 0 saturated carbocycles. The van der Waals surface area contributed by atoms with E-state index in [0.29, 0.717) is 0 Å². The van der Waals surface area contributed by atoms with Gasteiger partial charge in [0.2, 0.25) is 0 Å². The van der Waals surface area contributed by atoms with Crippen LogP contribution in [0.15, 0.2) is 158 Å². The smallest absolute Gasteiger partial charge is 0.168 e. The van der Waals surface area contributed by atoms with Gasteiger partial charge in [-0.2, -0.15) is 0 Å². The summed E-state index contributed by atoms with van der Waals surface area (Å²) in [5.74, 6) is 1.61. The molecule has 0 radical (unpaired) electrons. The second-order valence-electron chi connectivity index (χ2n) is 10.4. The van der Waals surface area contributed by atoms with Gasteiger partial charge >= 0.3 is 0 Å². The molecule has 2 aromatic heterocycles. The molecule has 0 aliphatic carbocycles. The summed E-state index contributed by atoms with van der Waals surface area (Å²) in [7, 11) is 0. The molecule has 0 spiro atoms. The SMILES string of the molecule is c1ccc(-c2ccc(-n3c(-c4ccccc4)nnc3-c3ccc(-n4c5ccccc5c5ccccc54)cc3)cc2)cc1. The number of aromatic nitrogens is 4. The Balaban J connectivity index is 1.25. The molecule has 0 atom stereocenters. The van der Waals surface area contributed by atoms with Gasteiger partial charge in [0.05, 0.1) is 11.0 Å². The van der Waals surface area contributed by atoms with Gasteiger partial charge in [0.1, 0.15) is 0 Å². The van der Waals surface area contributed by atoms with E-state index in [2.05, 4.69) is 148 Å². The molecule has 0 N–H and O–H groups in total. The van der Waals surface area contributed by atoms with Crippen molar-refractivity contribution in [1.29, 1.82) is 0 Å². The molecule has 0 fully saturated rings. The molecule has 8 aromatic rings. The molecular weight excluding hydrogens is 512 g/mol. The van der Waals surface area contributed by atoms with Crippen molar-refractivity contribution in [3.05, 3.63) is 158 Å². The van der Waals surface area contributed by atoms with Gasteiger partial charge in [-0.15, -0.1) is 10.2 Å². The van der Waals surface area contributed by atoms with E-state index >= 15 is 0 Å². The largest absolute Gasteiger partial charge is 0.309 e. The van der Waals surface area contributed by atoms with Gasteiger partial charge in [-0.3, -0.25) is 4.57 Å². The predicted molar refractivity (Wildman–Crippen MR) is 172 cm³/mol. The first-order valence-electron chi connectivity index (χ1n) is 14.1. The van der Waals surface area contributed by atoms with Crippen LogP contribution in [0.25, 0.3) is 67.1 Å². The first-order chi connectivity index (χ1) is 20.8. The summed E-state index contributed by atoms with van der Waals surface area (Å²) in [5.41, 5.74) is 8.89. The van der Waals surface area contributed by atoms with Crippen LogP contribution in [-0.4, -0.2) is 19.3 Å². The fourth-order valence-electron chi connectivity index (χ4n) is 5.88. The number of nitrogens with zero attached hydrogens (tertiary/aromatic N) is 4. The molecule has 0 unspecified atom stereocenters. The van der Waals surface area contributed by atoms with E-state index in [4.69, 9.17) is 5.10 Å². The van der Waals surface area contributed by atoms with Crippen molar-refractivity contribution in [2.24, 2.45) is 0 Å². The third-order valence-electron chi connectivity index (χ3n) is 7.89. The quantitative estimate of drug-likeness (QED) is 0.219. The summed E-state index contributed by atoms with van der Waals surface area (Å²) in [6, 6.07) is 55.1. The average molecular weight is 539 g/mol. The summed E-state index contributed by atoms with van der Waals surface area (Å²) >= 11 is 0. The van der Waals surface area contributed by atoms with Crippen molar-refractivity contribution in [3.8, 4) is 45.3 Å². The van der Waals surface area contributed by atoms with Crippen molar-refractivity contribution >= 4 is 21.8 Å². The normalized spacial score (nSPS) is 11.3. The number of para-hydroxylation sites is 2. The highest BCUT2D eigenvalue weighted by Gasteiger charge is 2.18. The van der Waals surface area contributed by atoms with Crippen LogP contribution >= 0.6 is 0 Å². The molecule has 42 heavy (non-hydrogen) atoms. The van der Waals surface area contributed by atoms with Crippen LogP contribution < -0.4 is 0 Å².